The SMILES string of the molecule is CCNC(=NCc1ccco1)NCC(C)SC.I. The van der Waals surface area contributed by atoms with Crippen molar-refractivity contribution in [2.75, 3.05) is 19.3 Å². The van der Waals surface area contributed by atoms with Gasteiger partial charge in [-0.25, -0.2) is 4.99 Å². The number of hydrogen-bond acceptors (Lipinski definition) is 3. The van der Waals surface area contributed by atoms with Crippen molar-refractivity contribution in [2.45, 2.75) is 25.6 Å². The van der Waals surface area contributed by atoms with Crippen LogP contribution in [0.25, 0.3) is 0 Å². The largest absolute Gasteiger partial charge is 0.467 e. The Labute approximate surface area is 130 Å². The van der Waals surface area contributed by atoms with Crippen molar-refractivity contribution >= 4 is 41.7 Å². The number of rotatable bonds is 6. The lowest BCUT2D eigenvalue weighted by Gasteiger charge is -2.13. The van der Waals surface area contributed by atoms with Gasteiger partial charge in [0.05, 0.1) is 6.26 Å². The van der Waals surface area contributed by atoms with Crippen molar-refractivity contribution in [1.82, 2.24) is 10.6 Å². The van der Waals surface area contributed by atoms with E-state index in [9.17, 15) is 0 Å². The Bertz CT molecular complexity index is 330. The minimum atomic E-state index is 0. The van der Waals surface area contributed by atoms with Crippen LogP contribution in [0.5, 0.6) is 0 Å². The van der Waals surface area contributed by atoms with E-state index in [-0.39, 0.29) is 24.0 Å². The molecule has 0 fully saturated rings. The van der Waals surface area contributed by atoms with Gasteiger partial charge in [-0.3, -0.25) is 0 Å². The third kappa shape index (κ3) is 7.15. The van der Waals surface area contributed by atoms with E-state index in [1.165, 1.54) is 0 Å². The van der Waals surface area contributed by atoms with Crippen molar-refractivity contribution < 1.29 is 4.42 Å². The van der Waals surface area contributed by atoms with Gasteiger partial charge in [0.25, 0.3) is 0 Å². The van der Waals surface area contributed by atoms with Crippen molar-refractivity contribution in [3.63, 3.8) is 0 Å². The molecule has 2 N–H and O–H groups in total. The summed E-state index contributed by atoms with van der Waals surface area (Å²) in [6, 6.07) is 3.80. The number of nitrogens with one attached hydrogen (secondary N) is 2. The fourth-order valence-electron chi connectivity index (χ4n) is 1.23. The van der Waals surface area contributed by atoms with Crippen molar-refractivity contribution in [1.29, 1.82) is 0 Å². The zero-order valence-electron chi connectivity index (χ0n) is 11.1. The fourth-order valence-corrected chi connectivity index (χ4v) is 1.48. The predicted molar refractivity (Wildman–Crippen MR) is 89.9 cm³/mol. The summed E-state index contributed by atoms with van der Waals surface area (Å²) in [5.74, 6) is 1.71. The smallest absolute Gasteiger partial charge is 0.191 e. The van der Waals surface area contributed by atoms with E-state index in [4.69, 9.17) is 4.42 Å². The first kappa shape index (κ1) is 17.6. The van der Waals surface area contributed by atoms with Crippen LogP contribution in [0.1, 0.15) is 19.6 Å². The zero-order valence-corrected chi connectivity index (χ0v) is 14.2. The Morgan fingerprint density at radius 3 is 2.83 bits per heavy atom. The summed E-state index contributed by atoms with van der Waals surface area (Å²) in [7, 11) is 0. The van der Waals surface area contributed by atoms with Gasteiger partial charge in [0.1, 0.15) is 12.3 Å². The first-order chi connectivity index (χ1) is 8.26. The van der Waals surface area contributed by atoms with E-state index >= 15 is 0 Å². The van der Waals surface area contributed by atoms with E-state index in [1.807, 2.05) is 23.9 Å². The number of guanidine groups is 1. The van der Waals surface area contributed by atoms with Crippen LogP contribution in [0, 0.1) is 0 Å². The normalized spacial score (nSPS) is 12.7. The third-order valence-electron chi connectivity index (χ3n) is 2.28. The molecule has 18 heavy (non-hydrogen) atoms. The molecule has 1 heterocycles. The van der Waals surface area contributed by atoms with Crippen LogP contribution >= 0.6 is 35.7 Å². The molecule has 1 unspecified atom stereocenters. The molecule has 0 aliphatic heterocycles. The lowest BCUT2D eigenvalue weighted by molar-refractivity contribution is 0.512. The lowest BCUT2D eigenvalue weighted by Crippen LogP contribution is -2.40. The third-order valence-corrected chi connectivity index (χ3v) is 3.25. The van der Waals surface area contributed by atoms with Gasteiger partial charge < -0.3 is 15.1 Å². The number of hydrogen-bond donors (Lipinski definition) is 2. The van der Waals surface area contributed by atoms with E-state index in [0.717, 1.165) is 24.8 Å². The number of aliphatic imine (C=N–C) groups is 1. The highest BCUT2D eigenvalue weighted by atomic mass is 127. The number of nitrogens with zero attached hydrogens (tertiary/aromatic N) is 1. The summed E-state index contributed by atoms with van der Waals surface area (Å²) in [4.78, 5) is 4.45. The minimum absolute atomic E-state index is 0. The van der Waals surface area contributed by atoms with Gasteiger partial charge in [-0.1, -0.05) is 6.92 Å². The van der Waals surface area contributed by atoms with Crippen LogP contribution in [0.3, 0.4) is 0 Å². The first-order valence-corrected chi connectivity index (χ1v) is 7.12. The van der Waals surface area contributed by atoms with Crippen molar-refractivity contribution in [3.05, 3.63) is 24.2 Å². The van der Waals surface area contributed by atoms with Gasteiger partial charge in [-0.05, 0) is 25.3 Å². The second-order valence-electron chi connectivity index (χ2n) is 3.70. The summed E-state index contributed by atoms with van der Waals surface area (Å²) in [5.41, 5.74) is 0. The molecular weight excluding hydrogens is 361 g/mol. The average Bonchev–Trinajstić information content (AvgIpc) is 2.85. The molecule has 1 aromatic rings. The van der Waals surface area contributed by atoms with Crippen LogP contribution in [0.2, 0.25) is 0 Å². The van der Waals surface area contributed by atoms with Gasteiger partial charge in [0, 0.05) is 18.3 Å². The minimum Gasteiger partial charge on any atom is -0.467 e. The molecule has 104 valence electrons. The summed E-state index contributed by atoms with van der Waals surface area (Å²) in [6.45, 7) is 6.58. The maximum absolute atomic E-state index is 5.24. The molecular formula is C12H22IN3OS. The second-order valence-corrected chi connectivity index (χ2v) is 4.98. The highest BCUT2D eigenvalue weighted by Crippen LogP contribution is 2.03. The fraction of sp³-hybridized carbons (Fsp3) is 0.583. The van der Waals surface area contributed by atoms with Crippen LogP contribution in [-0.2, 0) is 6.54 Å². The molecule has 0 spiro atoms. The Balaban J connectivity index is 0.00000289. The average molecular weight is 383 g/mol. The van der Waals surface area contributed by atoms with E-state index in [0.29, 0.717) is 11.8 Å². The predicted octanol–water partition coefficient (Wildman–Crippen LogP) is 2.70. The quantitative estimate of drug-likeness (QED) is 0.451. The van der Waals surface area contributed by atoms with E-state index in [1.54, 1.807) is 6.26 Å². The Morgan fingerprint density at radius 1 is 1.50 bits per heavy atom. The molecule has 1 aromatic heterocycles. The first-order valence-electron chi connectivity index (χ1n) is 5.83. The maximum Gasteiger partial charge on any atom is 0.191 e. The van der Waals surface area contributed by atoms with Crippen LogP contribution in [0.4, 0.5) is 0 Å². The number of thioether (sulfide) groups is 1. The molecule has 0 amide bonds. The van der Waals surface area contributed by atoms with Crippen molar-refractivity contribution in [2.24, 2.45) is 4.99 Å². The van der Waals surface area contributed by atoms with Gasteiger partial charge in [0.15, 0.2) is 5.96 Å². The van der Waals surface area contributed by atoms with E-state index < -0.39 is 0 Å². The molecule has 0 aliphatic carbocycles. The van der Waals surface area contributed by atoms with Gasteiger partial charge in [-0.15, -0.1) is 24.0 Å². The molecule has 0 saturated heterocycles. The lowest BCUT2D eigenvalue weighted by atomic mass is 10.4. The summed E-state index contributed by atoms with van der Waals surface area (Å²) < 4.78 is 5.24. The summed E-state index contributed by atoms with van der Waals surface area (Å²) in [5, 5.41) is 7.09. The Hall–Kier alpha value is -0.370. The van der Waals surface area contributed by atoms with Crippen molar-refractivity contribution in [3.8, 4) is 0 Å². The monoisotopic (exact) mass is 383 g/mol. The highest BCUT2D eigenvalue weighted by molar-refractivity contribution is 14.0. The molecule has 6 heteroatoms. The van der Waals surface area contributed by atoms with Gasteiger partial charge in [0.2, 0.25) is 0 Å². The molecule has 0 aromatic carbocycles. The second kappa shape index (κ2) is 10.5. The zero-order chi connectivity index (χ0) is 12.5. The van der Waals surface area contributed by atoms with Gasteiger partial charge in [-0.2, -0.15) is 11.8 Å². The Kier molecular flexibility index (Phi) is 10.3. The summed E-state index contributed by atoms with van der Waals surface area (Å²) in [6.07, 6.45) is 3.78. The number of furan rings is 1. The Morgan fingerprint density at radius 2 is 2.28 bits per heavy atom. The summed E-state index contributed by atoms with van der Waals surface area (Å²) >= 11 is 1.84. The topological polar surface area (TPSA) is 49.6 Å². The molecule has 0 bridgehead atoms. The molecule has 1 rings (SSSR count). The molecule has 0 saturated carbocycles. The van der Waals surface area contributed by atoms with Crippen LogP contribution in [0.15, 0.2) is 27.8 Å². The van der Waals surface area contributed by atoms with E-state index in [2.05, 4.69) is 35.7 Å². The maximum atomic E-state index is 5.24. The molecule has 0 aliphatic rings. The molecule has 1 atom stereocenters. The standard InChI is InChI=1S/C12H21N3OS.HI/c1-4-13-12(14-8-10(2)17-3)15-9-11-6-5-7-16-11;/h5-7,10H,4,8-9H2,1-3H3,(H2,13,14,15);1H. The van der Waals surface area contributed by atoms with Crippen LogP contribution in [-0.4, -0.2) is 30.6 Å². The van der Waals surface area contributed by atoms with Crippen LogP contribution < -0.4 is 10.6 Å². The highest BCUT2D eigenvalue weighted by Gasteiger charge is 2.02. The van der Waals surface area contributed by atoms with Gasteiger partial charge >= 0.3 is 0 Å². The molecule has 4 nitrogen and oxygen atoms in total. The molecule has 0 radical (unpaired) electrons. The number of halogens is 1.